The van der Waals surface area contributed by atoms with Gasteiger partial charge in [0.15, 0.2) is 0 Å². The molecule has 2 rings (SSSR count). The van der Waals surface area contributed by atoms with Gasteiger partial charge in [0.25, 0.3) is 0 Å². The molecule has 3 heteroatoms. The second kappa shape index (κ2) is 4.13. The standard InChI is InChI=1S/C12H14N2S/c1-8-5-10(6-13)3-4-11(8)12-9(2)14-7-15-12/h3-5,7H,6,13H2,1-2H3. The van der Waals surface area contributed by atoms with Gasteiger partial charge < -0.3 is 5.73 Å². The third-order valence-electron chi connectivity index (χ3n) is 2.52. The largest absolute Gasteiger partial charge is 0.326 e. The monoisotopic (exact) mass is 218 g/mol. The predicted molar refractivity (Wildman–Crippen MR) is 64.9 cm³/mol. The third-order valence-corrected chi connectivity index (χ3v) is 3.48. The van der Waals surface area contributed by atoms with E-state index >= 15 is 0 Å². The summed E-state index contributed by atoms with van der Waals surface area (Å²) in [5.74, 6) is 0. The molecule has 0 radical (unpaired) electrons. The minimum atomic E-state index is 0.600. The Morgan fingerprint density at radius 1 is 1.33 bits per heavy atom. The summed E-state index contributed by atoms with van der Waals surface area (Å²) in [6.45, 7) is 4.76. The van der Waals surface area contributed by atoms with E-state index in [-0.39, 0.29) is 0 Å². The lowest BCUT2D eigenvalue weighted by atomic mass is 10.0. The van der Waals surface area contributed by atoms with Gasteiger partial charge in [-0.2, -0.15) is 0 Å². The lowest BCUT2D eigenvalue weighted by Crippen LogP contribution is -1.96. The summed E-state index contributed by atoms with van der Waals surface area (Å²) in [6, 6.07) is 6.37. The number of thiazole rings is 1. The number of nitrogens with zero attached hydrogens (tertiary/aromatic N) is 1. The van der Waals surface area contributed by atoms with Crippen molar-refractivity contribution in [2.24, 2.45) is 5.73 Å². The molecule has 1 aromatic carbocycles. The summed E-state index contributed by atoms with van der Waals surface area (Å²) in [5.41, 5.74) is 12.3. The van der Waals surface area contributed by atoms with Gasteiger partial charge in [-0.05, 0) is 30.5 Å². The van der Waals surface area contributed by atoms with E-state index in [1.807, 2.05) is 12.4 Å². The van der Waals surface area contributed by atoms with Crippen LogP contribution in [0.3, 0.4) is 0 Å². The molecule has 0 atom stereocenters. The van der Waals surface area contributed by atoms with Gasteiger partial charge in [-0.15, -0.1) is 11.3 Å². The molecule has 0 saturated heterocycles. The number of aryl methyl sites for hydroxylation is 2. The lowest BCUT2D eigenvalue weighted by Gasteiger charge is -2.06. The fourth-order valence-electron chi connectivity index (χ4n) is 1.67. The molecule has 15 heavy (non-hydrogen) atoms. The molecule has 2 aromatic rings. The Morgan fingerprint density at radius 2 is 2.13 bits per heavy atom. The van der Waals surface area contributed by atoms with E-state index in [4.69, 9.17) is 5.73 Å². The molecule has 78 valence electrons. The molecule has 0 aliphatic rings. The first-order chi connectivity index (χ1) is 7.22. The molecule has 0 aliphatic carbocycles. The molecule has 0 spiro atoms. The van der Waals surface area contributed by atoms with Crippen LogP contribution in [0, 0.1) is 13.8 Å². The topological polar surface area (TPSA) is 38.9 Å². The van der Waals surface area contributed by atoms with Crippen molar-refractivity contribution in [3.05, 3.63) is 40.5 Å². The van der Waals surface area contributed by atoms with Crippen molar-refractivity contribution in [1.82, 2.24) is 4.98 Å². The quantitative estimate of drug-likeness (QED) is 0.841. The van der Waals surface area contributed by atoms with Crippen molar-refractivity contribution >= 4 is 11.3 Å². The maximum Gasteiger partial charge on any atom is 0.0801 e. The van der Waals surface area contributed by atoms with E-state index in [0.29, 0.717) is 6.54 Å². The minimum Gasteiger partial charge on any atom is -0.326 e. The van der Waals surface area contributed by atoms with Gasteiger partial charge in [-0.25, -0.2) is 4.98 Å². The number of hydrogen-bond donors (Lipinski definition) is 1. The van der Waals surface area contributed by atoms with Gasteiger partial charge in [0.05, 0.1) is 16.1 Å². The van der Waals surface area contributed by atoms with Crippen LogP contribution in [-0.4, -0.2) is 4.98 Å². The Kier molecular flexibility index (Phi) is 2.84. The molecular weight excluding hydrogens is 204 g/mol. The van der Waals surface area contributed by atoms with Gasteiger partial charge in [-0.3, -0.25) is 0 Å². The first-order valence-corrected chi connectivity index (χ1v) is 5.80. The van der Waals surface area contributed by atoms with Crippen molar-refractivity contribution < 1.29 is 0 Å². The Balaban J connectivity index is 2.50. The van der Waals surface area contributed by atoms with Gasteiger partial charge in [0.1, 0.15) is 0 Å². The zero-order chi connectivity index (χ0) is 10.8. The van der Waals surface area contributed by atoms with Crippen LogP contribution in [0.4, 0.5) is 0 Å². The molecule has 0 aliphatic heterocycles. The molecule has 2 N–H and O–H groups in total. The number of benzene rings is 1. The van der Waals surface area contributed by atoms with Crippen LogP contribution >= 0.6 is 11.3 Å². The molecule has 0 fully saturated rings. The van der Waals surface area contributed by atoms with Crippen LogP contribution in [0.15, 0.2) is 23.7 Å². The molecule has 0 unspecified atom stereocenters. The Bertz CT molecular complexity index is 474. The highest BCUT2D eigenvalue weighted by atomic mass is 32.1. The van der Waals surface area contributed by atoms with Crippen LogP contribution < -0.4 is 5.73 Å². The first-order valence-electron chi connectivity index (χ1n) is 4.92. The molecule has 0 bridgehead atoms. The van der Waals surface area contributed by atoms with Crippen LogP contribution in [0.5, 0.6) is 0 Å². The van der Waals surface area contributed by atoms with Gasteiger partial charge >= 0.3 is 0 Å². The van der Waals surface area contributed by atoms with E-state index in [9.17, 15) is 0 Å². The average Bonchev–Trinajstić information content (AvgIpc) is 2.64. The summed E-state index contributed by atoms with van der Waals surface area (Å²) in [4.78, 5) is 5.53. The minimum absolute atomic E-state index is 0.600. The van der Waals surface area contributed by atoms with Crippen LogP contribution in [-0.2, 0) is 6.54 Å². The van der Waals surface area contributed by atoms with E-state index < -0.39 is 0 Å². The highest BCUT2D eigenvalue weighted by Crippen LogP contribution is 2.30. The smallest absolute Gasteiger partial charge is 0.0801 e. The van der Waals surface area contributed by atoms with Crippen LogP contribution in [0.2, 0.25) is 0 Å². The van der Waals surface area contributed by atoms with E-state index in [2.05, 4.69) is 30.1 Å². The van der Waals surface area contributed by atoms with E-state index in [1.54, 1.807) is 11.3 Å². The third kappa shape index (κ3) is 1.94. The Morgan fingerprint density at radius 3 is 2.67 bits per heavy atom. The molecular formula is C12H14N2S. The first kappa shape index (κ1) is 10.3. The average molecular weight is 218 g/mol. The highest BCUT2D eigenvalue weighted by Gasteiger charge is 2.07. The number of nitrogens with two attached hydrogens (primary N) is 1. The summed E-state index contributed by atoms with van der Waals surface area (Å²) in [6.07, 6.45) is 0. The van der Waals surface area contributed by atoms with Crippen molar-refractivity contribution in [3.8, 4) is 10.4 Å². The second-order valence-electron chi connectivity index (χ2n) is 3.62. The number of aromatic nitrogens is 1. The zero-order valence-electron chi connectivity index (χ0n) is 8.95. The summed E-state index contributed by atoms with van der Waals surface area (Å²) in [7, 11) is 0. The molecule has 1 heterocycles. The van der Waals surface area contributed by atoms with Crippen molar-refractivity contribution in [2.75, 3.05) is 0 Å². The molecule has 2 nitrogen and oxygen atoms in total. The molecule has 0 saturated carbocycles. The Hall–Kier alpha value is -1.19. The summed E-state index contributed by atoms with van der Waals surface area (Å²) >= 11 is 1.69. The number of rotatable bonds is 2. The number of hydrogen-bond acceptors (Lipinski definition) is 3. The van der Waals surface area contributed by atoms with Crippen LogP contribution in [0.1, 0.15) is 16.8 Å². The van der Waals surface area contributed by atoms with E-state index in [1.165, 1.54) is 21.6 Å². The van der Waals surface area contributed by atoms with Crippen LogP contribution in [0.25, 0.3) is 10.4 Å². The van der Waals surface area contributed by atoms with Gasteiger partial charge in [0.2, 0.25) is 0 Å². The zero-order valence-corrected chi connectivity index (χ0v) is 9.77. The van der Waals surface area contributed by atoms with Gasteiger partial charge in [-0.1, -0.05) is 18.2 Å². The highest BCUT2D eigenvalue weighted by molar-refractivity contribution is 7.13. The summed E-state index contributed by atoms with van der Waals surface area (Å²) < 4.78 is 0. The maximum absolute atomic E-state index is 5.61. The SMILES string of the molecule is Cc1cc(CN)ccc1-c1scnc1C. The lowest BCUT2D eigenvalue weighted by molar-refractivity contribution is 1.07. The molecule has 1 aromatic heterocycles. The summed E-state index contributed by atoms with van der Waals surface area (Å²) in [5, 5.41) is 0. The maximum atomic E-state index is 5.61. The van der Waals surface area contributed by atoms with Crippen molar-refractivity contribution in [2.45, 2.75) is 20.4 Å². The van der Waals surface area contributed by atoms with E-state index in [0.717, 1.165) is 5.69 Å². The van der Waals surface area contributed by atoms with Crippen molar-refractivity contribution in [3.63, 3.8) is 0 Å². The fourth-order valence-corrected chi connectivity index (χ4v) is 2.56. The molecule has 0 amide bonds. The Labute approximate surface area is 93.8 Å². The van der Waals surface area contributed by atoms with Crippen molar-refractivity contribution in [1.29, 1.82) is 0 Å². The fraction of sp³-hybridized carbons (Fsp3) is 0.250. The van der Waals surface area contributed by atoms with Gasteiger partial charge in [0, 0.05) is 6.54 Å². The predicted octanol–water partition coefficient (Wildman–Crippen LogP) is 2.89. The second-order valence-corrected chi connectivity index (χ2v) is 4.48. The normalized spacial score (nSPS) is 10.6.